The summed E-state index contributed by atoms with van der Waals surface area (Å²) in [5.41, 5.74) is 4.85. The minimum atomic E-state index is 0.136. The zero-order chi connectivity index (χ0) is 10.6. The summed E-state index contributed by atoms with van der Waals surface area (Å²) in [7, 11) is 0. The van der Waals surface area contributed by atoms with Crippen LogP contribution in [0.4, 0.5) is 0 Å². The quantitative estimate of drug-likeness (QED) is 0.671. The molecule has 0 aliphatic heterocycles. The average Bonchev–Trinajstić information content (AvgIpc) is 2.14. The molecule has 1 N–H and O–H groups in total. The van der Waals surface area contributed by atoms with Crippen molar-refractivity contribution in [1.82, 2.24) is 0 Å². The Hall–Kier alpha value is -1.26. The van der Waals surface area contributed by atoms with E-state index in [0.29, 0.717) is 6.42 Å². The van der Waals surface area contributed by atoms with Gasteiger partial charge in [0.2, 0.25) is 0 Å². The highest BCUT2D eigenvalue weighted by atomic mass is 16.2. The van der Waals surface area contributed by atoms with Gasteiger partial charge in [0, 0.05) is 12.0 Å². The van der Waals surface area contributed by atoms with Gasteiger partial charge in [-0.1, -0.05) is 17.9 Å². The van der Waals surface area contributed by atoms with Gasteiger partial charge in [-0.3, -0.25) is 0 Å². The van der Waals surface area contributed by atoms with Crippen LogP contribution < -0.4 is 0 Å². The first-order valence-electron chi connectivity index (χ1n) is 4.82. The van der Waals surface area contributed by atoms with Crippen molar-refractivity contribution < 1.29 is 5.11 Å². The summed E-state index contributed by atoms with van der Waals surface area (Å²) in [5, 5.41) is 8.61. The molecule has 0 saturated heterocycles. The minimum Gasteiger partial charge on any atom is -0.395 e. The smallest absolute Gasteiger partial charge is 0.0540 e. The fraction of sp³-hybridized carbons (Fsp3) is 0.385. The summed E-state index contributed by atoms with van der Waals surface area (Å²) < 4.78 is 0. The summed E-state index contributed by atoms with van der Waals surface area (Å²) >= 11 is 0. The number of aliphatic hydroxyl groups is 1. The lowest BCUT2D eigenvalue weighted by Crippen LogP contribution is -1.88. The third-order valence-corrected chi connectivity index (χ3v) is 2.30. The molecule has 14 heavy (non-hydrogen) atoms. The fourth-order valence-electron chi connectivity index (χ4n) is 1.31. The van der Waals surface area contributed by atoms with E-state index in [-0.39, 0.29) is 6.61 Å². The van der Waals surface area contributed by atoms with Crippen LogP contribution in [-0.2, 0) is 0 Å². The van der Waals surface area contributed by atoms with E-state index in [1.807, 2.05) is 0 Å². The predicted octanol–water partition coefficient (Wildman–Crippen LogP) is 2.35. The van der Waals surface area contributed by atoms with E-state index in [2.05, 4.69) is 44.7 Å². The molecule has 1 heteroatoms. The highest BCUT2D eigenvalue weighted by Gasteiger charge is 1.98. The summed E-state index contributed by atoms with van der Waals surface area (Å²) in [6.45, 7) is 6.39. The van der Waals surface area contributed by atoms with Gasteiger partial charge in [0.15, 0.2) is 0 Å². The number of rotatable bonds is 1. The van der Waals surface area contributed by atoms with Gasteiger partial charge in [0.1, 0.15) is 0 Å². The van der Waals surface area contributed by atoms with Crippen LogP contribution in [0.3, 0.4) is 0 Å². The van der Waals surface area contributed by atoms with Gasteiger partial charge in [0.05, 0.1) is 6.61 Å². The third kappa shape index (κ3) is 2.61. The second-order valence-electron chi connectivity index (χ2n) is 3.53. The van der Waals surface area contributed by atoms with Gasteiger partial charge in [0.25, 0.3) is 0 Å². The molecule has 0 radical (unpaired) electrons. The SMILES string of the molecule is Cc1cc(C)c(C#CCCO)cc1C. The predicted molar refractivity (Wildman–Crippen MR) is 59.2 cm³/mol. The van der Waals surface area contributed by atoms with E-state index < -0.39 is 0 Å². The molecule has 0 fully saturated rings. The Morgan fingerprint density at radius 3 is 2.36 bits per heavy atom. The molecule has 0 heterocycles. The van der Waals surface area contributed by atoms with E-state index >= 15 is 0 Å². The molecule has 0 spiro atoms. The Morgan fingerprint density at radius 2 is 1.71 bits per heavy atom. The molecule has 0 amide bonds. The fourth-order valence-corrected chi connectivity index (χ4v) is 1.31. The van der Waals surface area contributed by atoms with E-state index in [1.165, 1.54) is 16.7 Å². The number of benzene rings is 1. The van der Waals surface area contributed by atoms with E-state index in [9.17, 15) is 0 Å². The largest absolute Gasteiger partial charge is 0.395 e. The minimum absolute atomic E-state index is 0.136. The van der Waals surface area contributed by atoms with Crippen LogP contribution in [0.15, 0.2) is 12.1 Å². The van der Waals surface area contributed by atoms with Gasteiger partial charge < -0.3 is 5.11 Å². The molecule has 1 aromatic rings. The summed E-state index contributed by atoms with van der Waals surface area (Å²) in [5.74, 6) is 6.01. The molecule has 1 aromatic carbocycles. The molecule has 0 atom stereocenters. The van der Waals surface area contributed by atoms with Crippen LogP contribution >= 0.6 is 0 Å². The first kappa shape index (κ1) is 10.8. The average molecular weight is 188 g/mol. The van der Waals surface area contributed by atoms with Crippen LogP contribution in [0.25, 0.3) is 0 Å². The number of hydrogen-bond donors (Lipinski definition) is 1. The Bertz CT molecular complexity index is 380. The molecule has 0 unspecified atom stereocenters. The Morgan fingerprint density at radius 1 is 1.07 bits per heavy atom. The lowest BCUT2D eigenvalue weighted by atomic mass is 10.0. The summed E-state index contributed by atoms with van der Waals surface area (Å²) in [6, 6.07) is 4.26. The first-order chi connectivity index (χ1) is 6.65. The van der Waals surface area contributed by atoms with Crippen molar-refractivity contribution in [2.24, 2.45) is 0 Å². The van der Waals surface area contributed by atoms with Crippen molar-refractivity contribution in [2.75, 3.05) is 6.61 Å². The van der Waals surface area contributed by atoms with Crippen LogP contribution in [-0.4, -0.2) is 11.7 Å². The zero-order valence-corrected chi connectivity index (χ0v) is 9.02. The van der Waals surface area contributed by atoms with Gasteiger partial charge in [-0.05, 0) is 43.5 Å². The molecule has 0 aromatic heterocycles. The molecule has 1 rings (SSSR count). The maximum atomic E-state index is 8.61. The van der Waals surface area contributed by atoms with Crippen LogP contribution in [0.1, 0.15) is 28.7 Å². The van der Waals surface area contributed by atoms with Gasteiger partial charge in [-0.25, -0.2) is 0 Å². The Labute approximate surface area is 85.8 Å². The molecule has 0 aliphatic rings. The van der Waals surface area contributed by atoms with Gasteiger partial charge in [-0.2, -0.15) is 0 Å². The molecule has 0 aliphatic carbocycles. The summed E-state index contributed by atoms with van der Waals surface area (Å²) in [4.78, 5) is 0. The first-order valence-corrected chi connectivity index (χ1v) is 4.82. The van der Waals surface area contributed by atoms with E-state index in [0.717, 1.165) is 5.56 Å². The maximum Gasteiger partial charge on any atom is 0.0540 e. The van der Waals surface area contributed by atoms with Crippen molar-refractivity contribution in [1.29, 1.82) is 0 Å². The zero-order valence-electron chi connectivity index (χ0n) is 9.02. The Balaban J connectivity index is 3.00. The van der Waals surface area contributed by atoms with Crippen LogP contribution in [0.5, 0.6) is 0 Å². The lowest BCUT2D eigenvalue weighted by molar-refractivity contribution is 0.305. The van der Waals surface area contributed by atoms with Crippen molar-refractivity contribution >= 4 is 0 Å². The highest BCUT2D eigenvalue weighted by molar-refractivity contribution is 5.45. The maximum absolute atomic E-state index is 8.61. The molecular weight excluding hydrogens is 172 g/mol. The standard InChI is InChI=1S/C13H16O/c1-10-8-12(3)13(9-11(10)2)6-4-5-7-14/h8-9,14H,5,7H2,1-3H3. The van der Waals surface area contributed by atoms with E-state index in [4.69, 9.17) is 5.11 Å². The molecule has 0 saturated carbocycles. The van der Waals surface area contributed by atoms with Crippen molar-refractivity contribution in [3.05, 3.63) is 34.4 Å². The molecular formula is C13H16O. The topological polar surface area (TPSA) is 20.2 Å². The van der Waals surface area contributed by atoms with E-state index in [1.54, 1.807) is 0 Å². The van der Waals surface area contributed by atoms with Gasteiger partial charge >= 0.3 is 0 Å². The molecule has 74 valence electrons. The third-order valence-electron chi connectivity index (χ3n) is 2.30. The molecule has 1 nitrogen and oxygen atoms in total. The molecule has 0 bridgehead atoms. The van der Waals surface area contributed by atoms with Crippen LogP contribution in [0, 0.1) is 32.6 Å². The van der Waals surface area contributed by atoms with Crippen LogP contribution in [0.2, 0.25) is 0 Å². The van der Waals surface area contributed by atoms with Crippen molar-refractivity contribution in [3.8, 4) is 11.8 Å². The van der Waals surface area contributed by atoms with Crippen molar-refractivity contribution in [2.45, 2.75) is 27.2 Å². The normalized spacial score (nSPS) is 9.43. The number of aliphatic hydroxyl groups excluding tert-OH is 1. The number of hydrogen-bond acceptors (Lipinski definition) is 1. The second kappa shape index (κ2) is 4.83. The highest BCUT2D eigenvalue weighted by Crippen LogP contribution is 2.14. The second-order valence-corrected chi connectivity index (χ2v) is 3.53. The number of aryl methyl sites for hydroxylation is 3. The summed E-state index contributed by atoms with van der Waals surface area (Å²) in [6.07, 6.45) is 0.548. The monoisotopic (exact) mass is 188 g/mol. The lowest BCUT2D eigenvalue weighted by Gasteiger charge is -2.03. The van der Waals surface area contributed by atoms with Crippen molar-refractivity contribution in [3.63, 3.8) is 0 Å². The Kier molecular flexibility index (Phi) is 3.73. The van der Waals surface area contributed by atoms with Gasteiger partial charge in [-0.15, -0.1) is 0 Å².